The summed E-state index contributed by atoms with van der Waals surface area (Å²) in [5, 5.41) is 5.04. The minimum absolute atomic E-state index is 0.0994. The summed E-state index contributed by atoms with van der Waals surface area (Å²) < 4.78 is 24.9. The molecule has 0 bridgehead atoms. The number of amides is 2. The molecule has 1 saturated heterocycles. The normalized spacial score (nSPS) is 18.7. The molecule has 1 fully saturated rings. The summed E-state index contributed by atoms with van der Waals surface area (Å²) in [6.07, 6.45) is -0.665. The van der Waals surface area contributed by atoms with E-state index in [4.69, 9.17) is 9.47 Å². The van der Waals surface area contributed by atoms with E-state index in [-0.39, 0.29) is 36.8 Å². The number of ether oxygens (including phenoxy) is 2. The number of halogens is 1. The molecule has 5 rings (SSSR count). The van der Waals surface area contributed by atoms with Gasteiger partial charge in [0.2, 0.25) is 12.0 Å². The van der Waals surface area contributed by atoms with Crippen molar-refractivity contribution in [3.8, 4) is 11.5 Å². The molecule has 2 atom stereocenters. The number of thiophene rings is 1. The van der Waals surface area contributed by atoms with Gasteiger partial charge in [-0.05, 0) is 41.3 Å². The van der Waals surface area contributed by atoms with Crippen molar-refractivity contribution in [1.82, 2.24) is 15.1 Å². The molecule has 2 aromatic carbocycles. The summed E-state index contributed by atoms with van der Waals surface area (Å²) in [6, 6.07) is 17.1. The Morgan fingerprint density at radius 2 is 1.74 bits per heavy atom. The number of hydrogen-bond acceptors (Lipinski definition) is 6. The average Bonchev–Trinajstić information content (AvgIpc) is 3.42. The Morgan fingerprint density at radius 1 is 1.00 bits per heavy atom. The highest BCUT2D eigenvalue weighted by atomic mass is 32.1. The summed E-state index contributed by atoms with van der Waals surface area (Å²) in [4.78, 5) is 30.6. The highest BCUT2D eigenvalue weighted by molar-refractivity contribution is 7.10. The fourth-order valence-electron chi connectivity index (χ4n) is 4.31. The molecule has 2 aliphatic heterocycles. The van der Waals surface area contributed by atoms with E-state index < -0.39 is 6.10 Å². The van der Waals surface area contributed by atoms with Crippen molar-refractivity contribution in [2.45, 2.75) is 12.1 Å². The van der Waals surface area contributed by atoms with Crippen LogP contribution in [0.5, 0.6) is 11.5 Å². The number of carbonyl (C=O) groups excluding carboxylic acids is 2. The molecule has 0 saturated carbocycles. The minimum atomic E-state index is -0.665. The minimum Gasteiger partial charge on any atom is -0.485 e. The van der Waals surface area contributed by atoms with Crippen LogP contribution in [0, 0.1) is 5.82 Å². The second-order valence-corrected chi connectivity index (χ2v) is 9.51. The smallest absolute Gasteiger partial charge is 0.267 e. The molecule has 7 nitrogen and oxygen atoms in total. The van der Waals surface area contributed by atoms with E-state index in [9.17, 15) is 14.0 Å². The van der Waals surface area contributed by atoms with E-state index >= 15 is 0 Å². The molecule has 0 spiro atoms. The van der Waals surface area contributed by atoms with Gasteiger partial charge in [0.05, 0.1) is 12.6 Å². The summed E-state index contributed by atoms with van der Waals surface area (Å²) >= 11 is 1.54. The highest BCUT2D eigenvalue weighted by Crippen LogP contribution is 2.31. The van der Waals surface area contributed by atoms with Gasteiger partial charge in [-0.15, -0.1) is 11.3 Å². The Hall–Kier alpha value is -3.43. The van der Waals surface area contributed by atoms with Gasteiger partial charge in [0.25, 0.3) is 5.91 Å². The Labute approximate surface area is 207 Å². The topological polar surface area (TPSA) is 71.1 Å². The quantitative estimate of drug-likeness (QED) is 0.569. The molecule has 3 heterocycles. The monoisotopic (exact) mass is 495 g/mol. The van der Waals surface area contributed by atoms with Crippen LogP contribution < -0.4 is 14.8 Å². The molecule has 2 amide bonds. The van der Waals surface area contributed by atoms with E-state index in [1.165, 1.54) is 12.1 Å². The van der Waals surface area contributed by atoms with E-state index in [1.54, 1.807) is 34.4 Å². The maximum absolute atomic E-state index is 13.4. The average molecular weight is 496 g/mol. The maximum Gasteiger partial charge on any atom is 0.267 e. The van der Waals surface area contributed by atoms with Gasteiger partial charge in [0.15, 0.2) is 11.5 Å². The highest BCUT2D eigenvalue weighted by Gasteiger charge is 2.33. The number of nitrogens with one attached hydrogen (secondary N) is 1. The first-order valence-corrected chi connectivity index (χ1v) is 12.4. The summed E-state index contributed by atoms with van der Waals surface area (Å²) in [7, 11) is 0. The lowest BCUT2D eigenvalue weighted by Crippen LogP contribution is -2.55. The van der Waals surface area contributed by atoms with Crippen molar-refractivity contribution >= 4 is 23.2 Å². The van der Waals surface area contributed by atoms with Crippen LogP contribution in [-0.2, 0) is 9.59 Å². The summed E-state index contributed by atoms with van der Waals surface area (Å²) in [5.74, 6) is 0.695. The molecular weight excluding hydrogens is 469 g/mol. The zero-order chi connectivity index (χ0) is 24.2. The van der Waals surface area contributed by atoms with E-state index in [0.29, 0.717) is 37.7 Å². The van der Waals surface area contributed by atoms with Crippen molar-refractivity contribution in [2.75, 3.05) is 39.3 Å². The molecule has 182 valence electrons. The number of rotatable bonds is 6. The van der Waals surface area contributed by atoms with Crippen molar-refractivity contribution < 1.29 is 23.5 Å². The van der Waals surface area contributed by atoms with E-state index in [1.807, 2.05) is 40.6 Å². The molecule has 1 N–H and O–H groups in total. The molecule has 1 aromatic heterocycles. The predicted molar refractivity (Wildman–Crippen MR) is 130 cm³/mol. The SMILES string of the molecule is O=C(CN1CCN(C(=O)C2COc3ccccc3O2)CC1)NC(c1ccc(F)cc1)c1cccs1. The van der Waals surface area contributed by atoms with Crippen LogP contribution in [-0.4, -0.2) is 67.0 Å². The number of hydrogen-bond donors (Lipinski definition) is 1. The van der Waals surface area contributed by atoms with Crippen LogP contribution in [0.3, 0.4) is 0 Å². The molecule has 0 radical (unpaired) electrons. The number of nitrogens with zero attached hydrogens (tertiary/aromatic N) is 2. The molecule has 35 heavy (non-hydrogen) atoms. The third-order valence-corrected chi connectivity index (χ3v) is 7.11. The summed E-state index contributed by atoms with van der Waals surface area (Å²) in [5.41, 5.74) is 0.828. The van der Waals surface area contributed by atoms with Gasteiger partial charge >= 0.3 is 0 Å². The number of para-hydroxylation sites is 2. The Kier molecular flexibility index (Phi) is 6.96. The Balaban J connectivity index is 1.14. The lowest BCUT2D eigenvalue weighted by Gasteiger charge is -2.37. The lowest BCUT2D eigenvalue weighted by atomic mass is 10.1. The standard InChI is InChI=1S/C26H26FN3O4S/c27-19-9-7-18(8-10-19)25(23-6-3-15-35-23)28-24(31)16-29-11-13-30(14-12-29)26(32)22-17-33-20-4-1-2-5-21(20)34-22/h1-10,15,22,25H,11-14,16-17H2,(H,28,31). The van der Waals surface area contributed by atoms with E-state index in [0.717, 1.165) is 10.4 Å². The second kappa shape index (κ2) is 10.5. The maximum atomic E-state index is 13.4. The largest absolute Gasteiger partial charge is 0.485 e. The van der Waals surface area contributed by atoms with Crippen molar-refractivity contribution in [3.05, 3.63) is 82.3 Å². The first-order valence-electron chi connectivity index (χ1n) is 11.5. The van der Waals surface area contributed by atoms with Gasteiger partial charge in [0, 0.05) is 31.1 Å². The van der Waals surface area contributed by atoms with Crippen molar-refractivity contribution in [2.24, 2.45) is 0 Å². The summed E-state index contributed by atoms with van der Waals surface area (Å²) in [6.45, 7) is 2.61. The molecule has 2 aliphatic rings. The zero-order valence-corrected chi connectivity index (χ0v) is 19.9. The van der Waals surface area contributed by atoms with Crippen LogP contribution in [0.1, 0.15) is 16.5 Å². The van der Waals surface area contributed by atoms with Gasteiger partial charge in [-0.1, -0.05) is 30.3 Å². The third-order valence-electron chi connectivity index (χ3n) is 6.17. The first kappa shape index (κ1) is 23.3. The van der Waals surface area contributed by atoms with E-state index in [2.05, 4.69) is 5.32 Å². The van der Waals surface area contributed by atoms with Crippen molar-refractivity contribution in [3.63, 3.8) is 0 Å². The molecule has 3 aromatic rings. The number of piperazine rings is 1. The zero-order valence-electron chi connectivity index (χ0n) is 19.1. The Bertz CT molecular complexity index is 1160. The fourth-order valence-corrected chi connectivity index (χ4v) is 5.11. The number of benzene rings is 2. The van der Waals surface area contributed by atoms with Gasteiger partial charge < -0.3 is 19.7 Å². The fraction of sp³-hybridized carbons (Fsp3) is 0.308. The first-order chi connectivity index (χ1) is 17.1. The van der Waals surface area contributed by atoms with Gasteiger partial charge in [-0.2, -0.15) is 0 Å². The molecule has 9 heteroatoms. The second-order valence-electron chi connectivity index (χ2n) is 8.53. The van der Waals surface area contributed by atoms with Gasteiger partial charge in [-0.3, -0.25) is 14.5 Å². The van der Waals surface area contributed by atoms with Crippen LogP contribution in [0.4, 0.5) is 4.39 Å². The molecular formula is C26H26FN3O4S. The lowest BCUT2D eigenvalue weighted by molar-refractivity contribution is -0.143. The van der Waals surface area contributed by atoms with Gasteiger partial charge in [0.1, 0.15) is 12.4 Å². The number of fused-ring (bicyclic) bond motifs is 1. The van der Waals surface area contributed by atoms with Crippen LogP contribution >= 0.6 is 11.3 Å². The number of carbonyl (C=O) groups is 2. The van der Waals surface area contributed by atoms with Gasteiger partial charge in [-0.25, -0.2) is 4.39 Å². The Morgan fingerprint density at radius 3 is 2.46 bits per heavy atom. The van der Waals surface area contributed by atoms with Crippen LogP contribution in [0.25, 0.3) is 0 Å². The van der Waals surface area contributed by atoms with Crippen LogP contribution in [0.15, 0.2) is 66.0 Å². The molecule has 0 aliphatic carbocycles. The van der Waals surface area contributed by atoms with Crippen molar-refractivity contribution in [1.29, 1.82) is 0 Å². The van der Waals surface area contributed by atoms with Crippen LogP contribution in [0.2, 0.25) is 0 Å². The predicted octanol–water partition coefficient (Wildman–Crippen LogP) is 3.08. The molecule has 2 unspecified atom stereocenters. The third kappa shape index (κ3) is 5.47.